The number of imidazole rings is 1. The van der Waals surface area contributed by atoms with Crippen LogP contribution in [0.15, 0.2) is 90.1 Å². The second-order valence-electron chi connectivity index (χ2n) is 10.8. The summed E-state index contributed by atoms with van der Waals surface area (Å²) in [5, 5.41) is 5.28. The van der Waals surface area contributed by atoms with Gasteiger partial charge in [0.15, 0.2) is 0 Å². The van der Waals surface area contributed by atoms with Crippen molar-refractivity contribution in [2.45, 2.75) is 18.7 Å². The second kappa shape index (κ2) is 10.9. The molecule has 230 valence electrons. The molecule has 7 rings (SSSR count). The summed E-state index contributed by atoms with van der Waals surface area (Å²) in [6.07, 6.45) is 2.80. The summed E-state index contributed by atoms with van der Waals surface area (Å²) >= 11 is 6.25. The zero-order valence-electron chi connectivity index (χ0n) is 24.8. The van der Waals surface area contributed by atoms with Gasteiger partial charge in [0.1, 0.15) is 17.3 Å². The summed E-state index contributed by atoms with van der Waals surface area (Å²) in [5.74, 6) is 0.502. The Hall–Kier alpha value is -5.46. The number of fused-ring (bicyclic) bond motifs is 2. The first kappa shape index (κ1) is 29.3. The summed E-state index contributed by atoms with van der Waals surface area (Å²) in [6, 6.07) is 20.3. The number of nitrogens with zero attached hydrogens (tertiary/aromatic N) is 5. The van der Waals surface area contributed by atoms with E-state index in [0.717, 1.165) is 20.9 Å². The number of anilines is 1. The predicted octanol–water partition coefficient (Wildman–Crippen LogP) is 6.09. The van der Waals surface area contributed by atoms with E-state index in [1.54, 1.807) is 48.5 Å². The zero-order valence-corrected chi connectivity index (χ0v) is 26.4. The number of carbonyl (C=O) groups is 1. The molecule has 46 heavy (non-hydrogen) atoms. The van der Waals surface area contributed by atoms with E-state index in [-0.39, 0.29) is 27.5 Å². The van der Waals surface area contributed by atoms with E-state index in [4.69, 9.17) is 22.1 Å². The Morgan fingerprint density at radius 2 is 1.76 bits per heavy atom. The number of methoxy groups -OCH3 is 1. The molecule has 0 bridgehead atoms. The fourth-order valence-electron chi connectivity index (χ4n) is 5.50. The van der Waals surface area contributed by atoms with E-state index in [1.165, 1.54) is 42.4 Å². The first-order valence-corrected chi connectivity index (χ1v) is 15.9. The lowest BCUT2D eigenvalue weighted by molar-refractivity contribution is 0.103. The van der Waals surface area contributed by atoms with E-state index in [9.17, 15) is 13.2 Å². The quantitative estimate of drug-likeness (QED) is 0.196. The number of aromatic nitrogens is 6. The van der Waals surface area contributed by atoms with Gasteiger partial charge in [-0.3, -0.25) is 4.79 Å². The average molecular weight is 652 g/mol. The van der Waals surface area contributed by atoms with E-state index in [0.29, 0.717) is 38.6 Å². The van der Waals surface area contributed by atoms with E-state index < -0.39 is 15.8 Å². The first-order chi connectivity index (χ1) is 22.0. The van der Waals surface area contributed by atoms with E-state index in [2.05, 4.69) is 20.1 Å². The lowest BCUT2D eigenvalue weighted by Crippen LogP contribution is -2.19. The van der Waals surface area contributed by atoms with E-state index in [1.807, 2.05) is 19.9 Å². The molecule has 11 nitrogen and oxygen atoms in total. The summed E-state index contributed by atoms with van der Waals surface area (Å²) in [4.78, 5) is 26.2. The molecule has 7 aromatic rings. The van der Waals surface area contributed by atoms with Crippen molar-refractivity contribution < 1.29 is 17.9 Å². The van der Waals surface area contributed by atoms with Gasteiger partial charge in [-0.25, -0.2) is 27.0 Å². The number of hydrogen-bond acceptors (Lipinski definition) is 8. The SMILES string of the molecule is COc1ncc(Cl)cc1-c1ccc2cc(C(=O)c3cnn(-c4ccc5[nH]c(C)nc5c4)c3N)n(S(=O)(=O)c3ccc(C)cc3)c2c1. The second-order valence-corrected chi connectivity index (χ2v) is 13.0. The fourth-order valence-corrected chi connectivity index (χ4v) is 7.16. The van der Waals surface area contributed by atoms with Crippen LogP contribution in [-0.2, 0) is 10.0 Å². The van der Waals surface area contributed by atoms with Gasteiger partial charge in [-0.05, 0) is 67.9 Å². The van der Waals surface area contributed by atoms with Crippen molar-refractivity contribution in [3.05, 3.63) is 113 Å². The van der Waals surface area contributed by atoms with Gasteiger partial charge in [0, 0.05) is 17.1 Å². The van der Waals surface area contributed by atoms with Crippen molar-refractivity contribution in [3.63, 3.8) is 0 Å². The smallest absolute Gasteiger partial charge is 0.268 e. The van der Waals surface area contributed by atoms with Crippen molar-refractivity contribution in [3.8, 4) is 22.7 Å². The van der Waals surface area contributed by atoms with Crippen LogP contribution in [0.2, 0.25) is 5.02 Å². The molecular formula is C33H26ClN7O4S. The van der Waals surface area contributed by atoms with Crippen LogP contribution >= 0.6 is 11.6 Å². The van der Waals surface area contributed by atoms with Gasteiger partial charge in [0.2, 0.25) is 11.7 Å². The normalized spacial score (nSPS) is 11.8. The van der Waals surface area contributed by atoms with E-state index >= 15 is 0 Å². The van der Waals surface area contributed by atoms with Gasteiger partial charge in [-0.15, -0.1) is 0 Å². The molecule has 13 heteroatoms. The molecule has 0 aliphatic carbocycles. The third kappa shape index (κ3) is 4.78. The maximum atomic E-state index is 14.3. The third-order valence-corrected chi connectivity index (χ3v) is 9.70. The van der Waals surface area contributed by atoms with Crippen LogP contribution in [0.5, 0.6) is 5.88 Å². The molecule has 0 spiro atoms. The Labute approximate surface area is 268 Å². The molecule has 3 aromatic carbocycles. The highest BCUT2D eigenvalue weighted by Crippen LogP contribution is 2.36. The molecule has 0 saturated heterocycles. The molecule has 3 N–H and O–H groups in total. The topological polar surface area (TPSA) is 151 Å². The van der Waals surface area contributed by atoms with Gasteiger partial charge in [-0.1, -0.05) is 41.4 Å². The monoisotopic (exact) mass is 651 g/mol. The van der Waals surface area contributed by atoms with Gasteiger partial charge in [0.05, 0.1) is 51.0 Å². The lowest BCUT2D eigenvalue weighted by atomic mass is 10.1. The molecule has 0 unspecified atom stereocenters. The van der Waals surface area contributed by atoms with Crippen LogP contribution in [0.3, 0.4) is 0 Å². The highest BCUT2D eigenvalue weighted by Gasteiger charge is 2.30. The van der Waals surface area contributed by atoms with Crippen molar-refractivity contribution >= 4 is 55.2 Å². The largest absolute Gasteiger partial charge is 0.481 e. The molecule has 4 heterocycles. The highest BCUT2D eigenvalue weighted by molar-refractivity contribution is 7.90. The Morgan fingerprint density at radius 3 is 2.52 bits per heavy atom. The average Bonchev–Trinajstić information content (AvgIpc) is 3.74. The number of benzene rings is 3. The summed E-state index contributed by atoms with van der Waals surface area (Å²) in [5.41, 5.74) is 10.9. The molecular weight excluding hydrogens is 626 g/mol. The Bertz CT molecular complexity index is 2440. The zero-order chi connectivity index (χ0) is 32.3. The van der Waals surface area contributed by atoms with Crippen LogP contribution in [0, 0.1) is 13.8 Å². The van der Waals surface area contributed by atoms with Crippen molar-refractivity contribution in [2.24, 2.45) is 0 Å². The maximum absolute atomic E-state index is 14.3. The minimum Gasteiger partial charge on any atom is -0.481 e. The molecule has 0 amide bonds. The van der Waals surface area contributed by atoms with Crippen LogP contribution in [0.25, 0.3) is 38.8 Å². The summed E-state index contributed by atoms with van der Waals surface area (Å²) in [7, 11) is -2.80. The number of hydrogen-bond donors (Lipinski definition) is 2. The number of nitrogens with one attached hydrogen (secondary N) is 1. The van der Waals surface area contributed by atoms with Crippen LogP contribution < -0.4 is 10.5 Å². The number of carbonyl (C=O) groups excluding carboxylic acids is 1. The summed E-state index contributed by atoms with van der Waals surface area (Å²) < 4.78 is 36.6. The Morgan fingerprint density at radius 1 is 0.978 bits per heavy atom. The van der Waals surface area contributed by atoms with Gasteiger partial charge in [-0.2, -0.15) is 5.10 Å². The minimum absolute atomic E-state index is 0.0170. The lowest BCUT2D eigenvalue weighted by Gasteiger charge is -2.13. The number of pyridine rings is 1. The van der Waals surface area contributed by atoms with Crippen LogP contribution in [-0.4, -0.2) is 50.0 Å². The van der Waals surface area contributed by atoms with Gasteiger partial charge < -0.3 is 15.5 Å². The third-order valence-electron chi connectivity index (χ3n) is 7.75. The molecule has 0 fully saturated rings. The standard InChI is InChI=1S/C33H26ClN7O4S/c1-18-4-9-24(10-5-18)46(43,44)41-29-12-20(25-14-22(34)16-36-33(25)45-3)6-7-21(29)13-30(41)31(42)26-17-37-40(32(26)35)23-8-11-27-28(15-23)39-19(2)38-27/h4-17H,35H2,1-3H3,(H,38,39). The number of nitrogen functional groups attached to an aromatic ring is 1. The number of aromatic amines is 1. The molecule has 0 radical (unpaired) electrons. The van der Waals surface area contributed by atoms with Gasteiger partial charge in [0.25, 0.3) is 10.0 Å². The number of nitrogens with two attached hydrogens (primary N) is 1. The molecule has 0 aliphatic rings. The number of ketones is 1. The first-order valence-electron chi connectivity index (χ1n) is 14.1. The number of halogens is 1. The molecule has 0 aliphatic heterocycles. The Kier molecular flexibility index (Phi) is 6.91. The fraction of sp³-hybridized carbons (Fsp3) is 0.0909. The maximum Gasteiger partial charge on any atom is 0.268 e. The number of aryl methyl sites for hydroxylation is 2. The highest BCUT2D eigenvalue weighted by atomic mass is 35.5. The van der Waals surface area contributed by atoms with Crippen LogP contribution in [0.1, 0.15) is 27.4 Å². The van der Waals surface area contributed by atoms with Crippen molar-refractivity contribution in [2.75, 3.05) is 12.8 Å². The number of rotatable bonds is 7. The number of ether oxygens (including phenoxy) is 1. The minimum atomic E-state index is -4.28. The molecule has 4 aromatic heterocycles. The van der Waals surface area contributed by atoms with Crippen LogP contribution in [0.4, 0.5) is 5.82 Å². The van der Waals surface area contributed by atoms with Gasteiger partial charge >= 0.3 is 0 Å². The summed E-state index contributed by atoms with van der Waals surface area (Å²) in [6.45, 7) is 3.72. The van der Waals surface area contributed by atoms with Crippen molar-refractivity contribution in [1.82, 2.24) is 28.7 Å². The number of H-pyrrole nitrogens is 1. The van der Waals surface area contributed by atoms with Crippen molar-refractivity contribution in [1.29, 1.82) is 0 Å². The predicted molar refractivity (Wildman–Crippen MR) is 176 cm³/mol. The molecule has 0 saturated carbocycles. The molecule has 0 atom stereocenters. The Balaban J connectivity index is 1.42.